The lowest BCUT2D eigenvalue weighted by Gasteiger charge is -2.35. The van der Waals surface area contributed by atoms with Gasteiger partial charge >= 0.3 is 0 Å². The van der Waals surface area contributed by atoms with Gasteiger partial charge < -0.3 is 4.90 Å². The van der Waals surface area contributed by atoms with Crippen LogP contribution in [0.25, 0.3) is 5.69 Å². The lowest BCUT2D eigenvalue weighted by atomic mass is 9.98. The summed E-state index contributed by atoms with van der Waals surface area (Å²) < 4.78 is 25.4. The van der Waals surface area contributed by atoms with Crippen molar-refractivity contribution in [2.24, 2.45) is 0 Å². The van der Waals surface area contributed by atoms with Crippen molar-refractivity contribution in [2.45, 2.75) is 49.1 Å². The van der Waals surface area contributed by atoms with Crippen LogP contribution in [0.15, 0.2) is 65.7 Å². The summed E-state index contributed by atoms with van der Waals surface area (Å²) in [5, 5.41) is 4.60. The number of aromatic nitrogens is 2. The maximum Gasteiger partial charge on any atom is 0.223 e. The molecule has 0 spiro atoms. The van der Waals surface area contributed by atoms with E-state index in [1.54, 1.807) is 24.3 Å². The Balaban J connectivity index is 1.37. The smallest absolute Gasteiger partial charge is 0.223 e. The van der Waals surface area contributed by atoms with Crippen LogP contribution in [0.5, 0.6) is 0 Å². The minimum atomic E-state index is -3.23. The number of sulfone groups is 1. The molecule has 0 saturated carbocycles. The van der Waals surface area contributed by atoms with E-state index >= 15 is 0 Å². The molecule has 0 N–H and O–H groups in total. The largest absolute Gasteiger partial charge is 0.332 e. The molecule has 0 radical (unpaired) electrons. The zero-order valence-corrected chi connectivity index (χ0v) is 18.3. The lowest BCUT2D eigenvalue weighted by Crippen LogP contribution is -2.42. The first-order chi connectivity index (χ1) is 14.9. The number of hydrogen-bond acceptors (Lipinski definition) is 4. The van der Waals surface area contributed by atoms with Crippen molar-refractivity contribution in [3.63, 3.8) is 0 Å². The highest BCUT2D eigenvalue weighted by Gasteiger charge is 2.44. The Bertz CT molecular complexity index is 1220. The molecule has 1 fully saturated rings. The third kappa shape index (κ3) is 3.67. The highest BCUT2D eigenvalue weighted by Crippen LogP contribution is 2.44. The van der Waals surface area contributed by atoms with Gasteiger partial charge in [-0.2, -0.15) is 5.10 Å². The van der Waals surface area contributed by atoms with E-state index in [-0.39, 0.29) is 18.0 Å². The topological polar surface area (TPSA) is 72.3 Å². The van der Waals surface area contributed by atoms with Gasteiger partial charge in [-0.3, -0.25) is 4.79 Å². The average Bonchev–Trinajstić information content (AvgIpc) is 3.33. The fraction of sp³-hybridized carbons (Fsp3) is 0.333. The van der Waals surface area contributed by atoms with Crippen molar-refractivity contribution in [2.75, 3.05) is 6.26 Å². The van der Waals surface area contributed by atoms with Gasteiger partial charge in [0.05, 0.1) is 28.5 Å². The van der Waals surface area contributed by atoms with Gasteiger partial charge in [-0.25, -0.2) is 13.1 Å². The van der Waals surface area contributed by atoms with Crippen LogP contribution in [0.1, 0.15) is 42.1 Å². The zero-order valence-electron chi connectivity index (χ0n) is 17.4. The minimum Gasteiger partial charge on any atom is -0.332 e. The summed E-state index contributed by atoms with van der Waals surface area (Å²) in [5.74, 6) is 0.215. The van der Waals surface area contributed by atoms with Gasteiger partial charge in [-0.15, -0.1) is 0 Å². The van der Waals surface area contributed by atoms with Gasteiger partial charge in [-0.1, -0.05) is 30.3 Å². The van der Waals surface area contributed by atoms with E-state index in [2.05, 4.69) is 22.1 Å². The molecule has 2 aliphatic heterocycles. The zero-order chi connectivity index (χ0) is 21.6. The van der Waals surface area contributed by atoms with E-state index in [4.69, 9.17) is 0 Å². The third-order valence-corrected chi connectivity index (χ3v) is 7.59. The predicted molar refractivity (Wildman–Crippen MR) is 118 cm³/mol. The second kappa shape index (κ2) is 7.64. The third-order valence-electron chi connectivity index (χ3n) is 6.46. The number of benzene rings is 2. The van der Waals surface area contributed by atoms with Crippen LogP contribution in [-0.4, -0.2) is 41.3 Å². The van der Waals surface area contributed by atoms with Gasteiger partial charge in [0.25, 0.3) is 0 Å². The van der Waals surface area contributed by atoms with E-state index in [0.29, 0.717) is 11.3 Å². The molecule has 6 nitrogen and oxygen atoms in total. The highest BCUT2D eigenvalue weighted by molar-refractivity contribution is 7.90. The predicted octanol–water partition coefficient (Wildman–Crippen LogP) is 3.50. The van der Waals surface area contributed by atoms with Crippen molar-refractivity contribution in [1.82, 2.24) is 14.7 Å². The molecule has 2 bridgehead atoms. The normalized spacial score (nSPS) is 20.0. The molecule has 5 rings (SSSR count). The fourth-order valence-corrected chi connectivity index (χ4v) is 5.57. The van der Waals surface area contributed by atoms with E-state index < -0.39 is 9.84 Å². The summed E-state index contributed by atoms with van der Waals surface area (Å²) in [7, 11) is -3.23. The van der Waals surface area contributed by atoms with Crippen molar-refractivity contribution in [3.05, 3.63) is 77.6 Å². The molecule has 1 amide bonds. The van der Waals surface area contributed by atoms with E-state index in [9.17, 15) is 13.2 Å². The molecular formula is C24H25N3O3S. The minimum absolute atomic E-state index is 0.0843. The van der Waals surface area contributed by atoms with Crippen LogP contribution < -0.4 is 0 Å². The molecule has 1 aromatic heterocycles. The molecule has 2 aliphatic rings. The molecule has 3 heterocycles. The molecule has 1 saturated heterocycles. The van der Waals surface area contributed by atoms with Gasteiger partial charge in [0, 0.05) is 30.7 Å². The quantitative estimate of drug-likeness (QED) is 0.615. The Labute approximate surface area is 182 Å². The summed E-state index contributed by atoms with van der Waals surface area (Å²) in [5.41, 5.74) is 4.28. The summed E-state index contributed by atoms with van der Waals surface area (Å²) in [6, 6.07) is 17.2. The first kappa shape index (κ1) is 20.0. The van der Waals surface area contributed by atoms with Gasteiger partial charge in [0.2, 0.25) is 5.91 Å². The average molecular weight is 436 g/mol. The molecule has 0 aliphatic carbocycles. The summed E-state index contributed by atoms with van der Waals surface area (Å²) >= 11 is 0. The van der Waals surface area contributed by atoms with E-state index in [0.717, 1.165) is 42.6 Å². The molecule has 7 heteroatoms. The van der Waals surface area contributed by atoms with Crippen molar-refractivity contribution >= 4 is 15.7 Å². The second-order valence-corrected chi connectivity index (χ2v) is 10.5. The summed E-state index contributed by atoms with van der Waals surface area (Å²) in [6.07, 6.45) is 7.11. The highest BCUT2D eigenvalue weighted by atomic mass is 32.2. The Morgan fingerprint density at radius 2 is 1.81 bits per heavy atom. The van der Waals surface area contributed by atoms with Gasteiger partial charge in [-0.05, 0) is 49.1 Å². The van der Waals surface area contributed by atoms with Crippen LogP contribution in [0.4, 0.5) is 0 Å². The number of carbonyl (C=O) groups is 1. The number of nitrogens with zero attached hydrogens (tertiary/aromatic N) is 3. The summed E-state index contributed by atoms with van der Waals surface area (Å²) in [6.45, 7) is 0. The second-order valence-electron chi connectivity index (χ2n) is 8.46. The van der Waals surface area contributed by atoms with Crippen LogP contribution in [0.3, 0.4) is 0 Å². The Kier molecular flexibility index (Phi) is 4.93. The van der Waals surface area contributed by atoms with Crippen molar-refractivity contribution < 1.29 is 13.2 Å². The number of aryl methyl sites for hydroxylation is 1. The number of amides is 1. The first-order valence-corrected chi connectivity index (χ1v) is 12.5. The SMILES string of the molecule is CS(=O)(=O)c1ccc(-n2ncc3c2C[C@H]2CC[C@H]3N2C(=O)CCc2ccccc2)cc1. The lowest BCUT2D eigenvalue weighted by molar-refractivity contribution is -0.134. The van der Waals surface area contributed by atoms with E-state index in [1.807, 2.05) is 29.1 Å². The molecular weight excluding hydrogens is 410 g/mol. The van der Waals surface area contributed by atoms with Crippen molar-refractivity contribution in [1.29, 1.82) is 0 Å². The molecule has 2 atom stereocenters. The maximum absolute atomic E-state index is 13.1. The summed E-state index contributed by atoms with van der Waals surface area (Å²) in [4.78, 5) is 15.5. The Morgan fingerprint density at radius 1 is 1.06 bits per heavy atom. The van der Waals surface area contributed by atoms with Gasteiger partial charge in [0.1, 0.15) is 0 Å². The first-order valence-electron chi connectivity index (χ1n) is 10.6. The van der Waals surface area contributed by atoms with Gasteiger partial charge in [0.15, 0.2) is 9.84 Å². The molecule has 31 heavy (non-hydrogen) atoms. The van der Waals surface area contributed by atoms with Crippen LogP contribution in [-0.2, 0) is 27.5 Å². The van der Waals surface area contributed by atoms with Crippen LogP contribution >= 0.6 is 0 Å². The van der Waals surface area contributed by atoms with Crippen LogP contribution in [0, 0.1) is 0 Å². The number of rotatable bonds is 5. The molecule has 0 unspecified atom stereocenters. The van der Waals surface area contributed by atoms with E-state index in [1.165, 1.54) is 11.8 Å². The molecule has 160 valence electrons. The Hall–Kier alpha value is -2.93. The monoisotopic (exact) mass is 435 g/mol. The molecule has 3 aromatic rings. The Morgan fingerprint density at radius 3 is 2.52 bits per heavy atom. The van der Waals surface area contributed by atoms with Crippen LogP contribution in [0.2, 0.25) is 0 Å². The fourth-order valence-electron chi connectivity index (χ4n) is 4.94. The maximum atomic E-state index is 13.1. The number of carbonyl (C=O) groups excluding carboxylic acids is 1. The molecule has 2 aromatic carbocycles. The standard InChI is InChI=1S/C24H25N3O3S/c1-31(29,30)20-11-8-18(9-12-20)27-23-15-19-10-13-22(21(23)16-25-27)26(19)24(28)14-7-17-5-3-2-4-6-17/h2-6,8-9,11-12,16,19,22H,7,10,13-15H2,1H3/t19-,22-/m1/s1. The number of fused-ring (bicyclic) bond motifs is 4. The van der Waals surface area contributed by atoms with Crippen molar-refractivity contribution in [3.8, 4) is 5.69 Å². The number of hydrogen-bond donors (Lipinski definition) is 0.